The molecule has 0 aliphatic carbocycles. The average Bonchev–Trinajstić information content (AvgIpc) is 3.36. The molecule has 154 valence electrons. The second-order valence-electron chi connectivity index (χ2n) is 6.90. The molecule has 30 heavy (non-hydrogen) atoms. The lowest BCUT2D eigenvalue weighted by Gasteiger charge is -2.16. The first-order valence-corrected chi connectivity index (χ1v) is 10.5. The number of benzene rings is 2. The molecule has 9 heteroatoms. The third-order valence-electron chi connectivity index (χ3n) is 4.85. The summed E-state index contributed by atoms with van der Waals surface area (Å²) in [4.78, 5) is 26.7. The number of methoxy groups -OCH3 is 1. The maximum atomic E-state index is 12.7. The van der Waals surface area contributed by atoms with Gasteiger partial charge in [-0.05, 0) is 42.0 Å². The molecule has 2 amide bonds. The highest BCUT2D eigenvalue weighted by atomic mass is 35.5. The van der Waals surface area contributed by atoms with E-state index in [1.54, 1.807) is 24.1 Å². The van der Waals surface area contributed by atoms with Gasteiger partial charge in [0, 0.05) is 30.1 Å². The van der Waals surface area contributed by atoms with Crippen molar-refractivity contribution in [1.29, 1.82) is 0 Å². The van der Waals surface area contributed by atoms with Gasteiger partial charge in [0.15, 0.2) is 0 Å². The van der Waals surface area contributed by atoms with Crippen LogP contribution in [0.1, 0.15) is 17.0 Å². The van der Waals surface area contributed by atoms with Crippen LogP contribution in [0.4, 0.5) is 10.8 Å². The summed E-state index contributed by atoms with van der Waals surface area (Å²) in [6.07, 6.45) is 0.770. The van der Waals surface area contributed by atoms with E-state index >= 15 is 0 Å². The van der Waals surface area contributed by atoms with Crippen molar-refractivity contribution in [2.24, 2.45) is 5.92 Å². The minimum absolute atomic E-state index is 0.0824. The summed E-state index contributed by atoms with van der Waals surface area (Å²) >= 11 is 7.23. The van der Waals surface area contributed by atoms with Crippen LogP contribution in [-0.4, -0.2) is 35.7 Å². The van der Waals surface area contributed by atoms with Crippen LogP contribution >= 0.6 is 22.9 Å². The van der Waals surface area contributed by atoms with Crippen LogP contribution in [0.25, 0.3) is 0 Å². The zero-order valence-corrected chi connectivity index (χ0v) is 17.7. The smallest absolute Gasteiger partial charge is 0.231 e. The maximum Gasteiger partial charge on any atom is 0.231 e. The number of carbonyl (C=O) groups excluding carboxylic acids is 2. The largest absolute Gasteiger partial charge is 0.497 e. The highest BCUT2D eigenvalue weighted by Gasteiger charge is 2.35. The lowest BCUT2D eigenvalue weighted by Crippen LogP contribution is -2.28. The lowest BCUT2D eigenvalue weighted by atomic mass is 10.1. The zero-order chi connectivity index (χ0) is 21.1. The summed E-state index contributed by atoms with van der Waals surface area (Å²) in [5, 5.41) is 12.9. The predicted octanol–water partition coefficient (Wildman–Crippen LogP) is 3.78. The van der Waals surface area contributed by atoms with Gasteiger partial charge < -0.3 is 15.0 Å². The van der Waals surface area contributed by atoms with Crippen molar-refractivity contribution in [2.75, 3.05) is 23.9 Å². The van der Waals surface area contributed by atoms with Crippen molar-refractivity contribution in [2.45, 2.75) is 12.8 Å². The Morgan fingerprint density at radius 1 is 1.20 bits per heavy atom. The molecule has 1 aromatic heterocycles. The highest BCUT2D eigenvalue weighted by Crippen LogP contribution is 2.28. The highest BCUT2D eigenvalue weighted by molar-refractivity contribution is 7.15. The van der Waals surface area contributed by atoms with E-state index in [2.05, 4.69) is 15.5 Å². The van der Waals surface area contributed by atoms with E-state index in [-0.39, 0.29) is 18.2 Å². The fourth-order valence-corrected chi connectivity index (χ4v) is 4.16. The van der Waals surface area contributed by atoms with E-state index in [9.17, 15) is 9.59 Å². The van der Waals surface area contributed by atoms with Crippen LogP contribution in [0, 0.1) is 5.92 Å². The normalized spacial score (nSPS) is 16.0. The molecular formula is C21H19ClN4O3S. The molecule has 2 heterocycles. The zero-order valence-electron chi connectivity index (χ0n) is 16.2. The Bertz CT molecular complexity index is 1050. The van der Waals surface area contributed by atoms with Crippen LogP contribution in [-0.2, 0) is 16.0 Å². The number of anilines is 2. The van der Waals surface area contributed by atoms with Gasteiger partial charge in [-0.1, -0.05) is 35.1 Å². The fourth-order valence-electron chi connectivity index (χ4n) is 3.25. The van der Waals surface area contributed by atoms with Gasteiger partial charge in [-0.2, -0.15) is 0 Å². The van der Waals surface area contributed by atoms with Crippen molar-refractivity contribution in [3.8, 4) is 5.75 Å². The van der Waals surface area contributed by atoms with Gasteiger partial charge in [0.25, 0.3) is 0 Å². The molecule has 0 spiro atoms. The first kappa shape index (κ1) is 20.3. The minimum atomic E-state index is -0.441. The summed E-state index contributed by atoms with van der Waals surface area (Å²) < 4.78 is 5.14. The van der Waals surface area contributed by atoms with E-state index in [1.165, 1.54) is 11.3 Å². The van der Waals surface area contributed by atoms with Gasteiger partial charge in [0.2, 0.25) is 16.9 Å². The van der Waals surface area contributed by atoms with Crippen LogP contribution < -0.4 is 15.0 Å². The standard InChI is InChI=1S/C21H19ClN4O3S/c1-29-17-8-6-16(7-9-17)26-12-14(11-19(26)27)20(28)23-21-25-24-18(30-21)10-13-2-4-15(22)5-3-13/h2-9,14H,10-12H2,1H3,(H,23,25,28)/t14-/m0/s1. The molecular weight excluding hydrogens is 424 g/mol. The van der Waals surface area contributed by atoms with Crippen LogP contribution in [0.2, 0.25) is 5.02 Å². The Labute approximate surface area is 182 Å². The van der Waals surface area contributed by atoms with Gasteiger partial charge in [-0.3, -0.25) is 9.59 Å². The molecule has 0 unspecified atom stereocenters. The van der Waals surface area contributed by atoms with Gasteiger partial charge in [-0.15, -0.1) is 10.2 Å². The molecule has 1 fully saturated rings. The lowest BCUT2D eigenvalue weighted by molar-refractivity contribution is -0.122. The molecule has 4 rings (SSSR count). The monoisotopic (exact) mass is 442 g/mol. The number of ether oxygens (including phenoxy) is 1. The number of amides is 2. The van der Waals surface area contributed by atoms with Crippen molar-refractivity contribution in [3.05, 3.63) is 64.1 Å². The van der Waals surface area contributed by atoms with Gasteiger partial charge in [-0.25, -0.2) is 0 Å². The number of hydrogen-bond acceptors (Lipinski definition) is 6. The van der Waals surface area contributed by atoms with Gasteiger partial charge in [0.1, 0.15) is 10.8 Å². The Kier molecular flexibility index (Phi) is 5.96. The van der Waals surface area contributed by atoms with Crippen LogP contribution in [0.15, 0.2) is 48.5 Å². The Morgan fingerprint density at radius 2 is 1.93 bits per heavy atom. The van der Waals surface area contributed by atoms with Crippen molar-refractivity contribution < 1.29 is 14.3 Å². The number of nitrogens with one attached hydrogen (secondary N) is 1. The molecule has 2 aromatic carbocycles. The summed E-state index contributed by atoms with van der Waals surface area (Å²) in [6.45, 7) is 0.327. The molecule has 1 aliphatic rings. The van der Waals surface area contributed by atoms with E-state index in [4.69, 9.17) is 16.3 Å². The Hall–Kier alpha value is -2.97. The molecule has 1 aliphatic heterocycles. The molecule has 1 atom stereocenters. The number of nitrogens with zero attached hydrogens (tertiary/aromatic N) is 3. The third-order valence-corrected chi connectivity index (χ3v) is 5.94. The van der Waals surface area contributed by atoms with Crippen LogP contribution in [0.3, 0.4) is 0 Å². The number of halogens is 1. The molecule has 7 nitrogen and oxygen atoms in total. The fraction of sp³-hybridized carbons (Fsp3) is 0.238. The first-order chi connectivity index (χ1) is 14.5. The predicted molar refractivity (Wildman–Crippen MR) is 116 cm³/mol. The SMILES string of the molecule is COc1ccc(N2C[C@@H](C(=O)Nc3nnc(Cc4ccc(Cl)cc4)s3)CC2=O)cc1. The summed E-state index contributed by atoms with van der Waals surface area (Å²) in [6, 6.07) is 14.7. The van der Waals surface area contributed by atoms with E-state index in [1.807, 2.05) is 36.4 Å². The second-order valence-corrected chi connectivity index (χ2v) is 8.40. The first-order valence-electron chi connectivity index (χ1n) is 9.34. The third kappa shape index (κ3) is 4.60. The van der Waals surface area contributed by atoms with Gasteiger partial charge in [0.05, 0.1) is 13.0 Å². The summed E-state index contributed by atoms with van der Waals surface area (Å²) in [7, 11) is 1.59. The molecule has 0 radical (unpaired) electrons. The van der Waals surface area contributed by atoms with E-state index in [0.717, 1.165) is 16.3 Å². The summed E-state index contributed by atoms with van der Waals surface area (Å²) in [5.41, 5.74) is 1.81. The molecule has 0 saturated carbocycles. The summed E-state index contributed by atoms with van der Waals surface area (Å²) in [5.74, 6) is -0.0388. The molecule has 0 bridgehead atoms. The van der Waals surface area contributed by atoms with Crippen molar-refractivity contribution in [1.82, 2.24) is 10.2 Å². The number of carbonyl (C=O) groups is 2. The van der Waals surface area contributed by atoms with E-state index < -0.39 is 5.92 Å². The molecule has 1 saturated heterocycles. The molecule has 3 aromatic rings. The number of rotatable bonds is 6. The minimum Gasteiger partial charge on any atom is -0.497 e. The van der Waals surface area contributed by atoms with E-state index in [0.29, 0.717) is 28.9 Å². The number of aromatic nitrogens is 2. The average molecular weight is 443 g/mol. The Morgan fingerprint density at radius 3 is 2.63 bits per heavy atom. The van der Waals surface area contributed by atoms with Gasteiger partial charge >= 0.3 is 0 Å². The second kappa shape index (κ2) is 8.81. The van der Waals surface area contributed by atoms with Crippen molar-refractivity contribution in [3.63, 3.8) is 0 Å². The Balaban J connectivity index is 1.36. The maximum absolute atomic E-state index is 12.7. The van der Waals surface area contributed by atoms with Crippen LogP contribution in [0.5, 0.6) is 5.75 Å². The van der Waals surface area contributed by atoms with Crippen molar-refractivity contribution >= 4 is 45.6 Å². The topological polar surface area (TPSA) is 84.4 Å². The number of hydrogen-bond donors (Lipinski definition) is 1. The molecule has 1 N–H and O–H groups in total. The quantitative estimate of drug-likeness (QED) is 0.628.